The number of aromatic nitrogens is 3. The van der Waals surface area contributed by atoms with Crippen molar-refractivity contribution in [1.29, 1.82) is 0 Å². The van der Waals surface area contributed by atoms with Gasteiger partial charge < -0.3 is 10.2 Å². The van der Waals surface area contributed by atoms with Crippen molar-refractivity contribution < 1.29 is 17.6 Å². The Morgan fingerprint density at radius 3 is 2.48 bits per heavy atom. The summed E-state index contributed by atoms with van der Waals surface area (Å²) in [5.41, 5.74) is 5.98. The normalized spacial score (nSPS) is 15.2. The van der Waals surface area contributed by atoms with Crippen LogP contribution >= 0.6 is 11.8 Å². The molecule has 1 amide bonds. The molecule has 0 spiro atoms. The van der Waals surface area contributed by atoms with Crippen LogP contribution in [0.2, 0.25) is 0 Å². The van der Waals surface area contributed by atoms with Gasteiger partial charge in [-0.15, -0.1) is 10.2 Å². The average Bonchev–Trinajstić information content (AvgIpc) is 3.43. The summed E-state index contributed by atoms with van der Waals surface area (Å²) in [6.07, 6.45) is 4.42. The maximum absolute atomic E-state index is 12.9. The van der Waals surface area contributed by atoms with Crippen LogP contribution in [0.3, 0.4) is 0 Å². The third kappa shape index (κ3) is 4.83. The van der Waals surface area contributed by atoms with Crippen molar-refractivity contribution in [2.45, 2.75) is 35.9 Å². The third-order valence-electron chi connectivity index (χ3n) is 5.02. The number of carbonyl (C=O) groups excluding carboxylic acids is 1. The summed E-state index contributed by atoms with van der Waals surface area (Å²) in [5.74, 6) is 0.867. The van der Waals surface area contributed by atoms with E-state index in [1.807, 2.05) is 10.6 Å². The number of primary amides is 1. The Hall–Kier alpha value is -2.63. The summed E-state index contributed by atoms with van der Waals surface area (Å²) in [6.45, 7) is 1.48. The molecule has 3 heterocycles. The fraction of sp³-hybridized carbons (Fsp3) is 0.350. The van der Waals surface area contributed by atoms with Crippen molar-refractivity contribution in [3.63, 3.8) is 0 Å². The zero-order valence-electron chi connectivity index (χ0n) is 16.8. The first-order valence-corrected chi connectivity index (χ1v) is 12.3. The van der Waals surface area contributed by atoms with Crippen molar-refractivity contribution in [3.8, 4) is 11.4 Å². The second-order valence-corrected chi connectivity index (χ2v) is 10.1. The number of piperidine rings is 1. The van der Waals surface area contributed by atoms with Crippen LogP contribution in [0.4, 0.5) is 0 Å². The fourth-order valence-corrected chi connectivity index (χ4v) is 5.67. The fourth-order valence-electron chi connectivity index (χ4n) is 3.48. The highest BCUT2D eigenvalue weighted by atomic mass is 32.2. The molecule has 31 heavy (non-hydrogen) atoms. The molecule has 0 bridgehead atoms. The summed E-state index contributed by atoms with van der Waals surface area (Å²) < 4.78 is 34.6. The Kier molecular flexibility index (Phi) is 6.44. The number of amides is 1. The molecule has 11 heteroatoms. The van der Waals surface area contributed by atoms with E-state index in [0.717, 1.165) is 19.3 Å². The van der Waals surface area contributed by atoms with E-state index in [1.165, 1.54) is 11.8 Å². The van der Waals surface area contributed by atoms with Gasteiger partial charge in [0.05, 0.1) is 23.5 Å². The zero-order valence-corrected chi connectivity index (χ0v) is 18.4. The quantitative estimate of drug-likeness (QED) is 0.511. The number of rotatable bonds is 8. The molecule has 1 aliphatic rings. The first-order valence-electron chi connectivity index (χ1n) is 9.92. The smallest absolute Gasteiger partial charge is 0.243 e. The van der Waals surface area contributed by atoms with Gasteiger partial charge >= 0.3 is 0 Å². The third-order valence-corrected chi connectivity index (χ3v) is 7.92. The number of benzene rings is 1. The van der Waals surface area contributed by atoms with E-state index < -0.39 is 15.9 Å². The van der Waals surface area contributed by atoms with Gasteiger partial charge in [0.2, 0.25) is 15.9 Å². The minimum absolute atomic E-state index is 0.0727. The number of hydrogen-bond donors (Lipinski definition) is 1. The van der Waals surface area contributed by atoms with Gasteiger partial charge in [0.1, 0.15) is 5.76 Å². The van der Waals surface area contributed by atoms with Gasteiger partial charge in [-0.05, 0) is 49.2 Å². The summed E-state index contributed by atoms with van der Waals surface area (Å²) >= 11 is 1.19. The van der Waals surface area contributed by atoms with Crippen LogP contribution in [0.15, 0.2) is 57.1 Å². The number of thioether (sulfide) groups is 1. The SMILES string of the molecule is NC(=O)CSc1nnc(-c2ccc(S(=O)(=O)N3CCCCC3)cc2)n1Cc1ccco1. The van der Waals surface area contributed by atoms with Crippen LogP contribution in [0.1, 0.15) is 25.0 Å². The van der Waals surface area contributed by atoms with Crippen molar-refractivity contribution in [3.05, 3.63) is 48.4 Å². The predicted octanol–water partition coefficient (Wildman–Crippen LogP) is 2.34. The molecule has 1 fully saturated rings. The van der Waals surface area contributed by atoms with Gasteiger partial charge in [0, 0.05) is 18.7 Å². The van der Waals surface area contributed by atoms with E-state index in [4.69, 9.17) is 10.2 Å². The van der Waals surface area contributed by atoms with E-state index in [0.29, 0.717) is 41.9 Å². The number of nitrogens with two attached hydrogens (primary N) is 1. The summed E-state index contributed by atoms with van der Waals surface area (Å²) in [7, 11) is -3.51. The summed E-state index contributed by atoms with van der Waals surface area (Å²) in [4.78, 5) is 11.5. The average molecular weight is 462 g/mol. The molecular weight excluding hydrogens is 438 g/mol. The lowest BCUT2D eigenvalue weighted by atomic mass is 10.2. The Morgan fingerprint density at radius 1 is 1.10 bits per heavy atom. The second kappa shape index (κ2) is 9.25. The molecule has 0 saturated carbocycles. The molecule has 164 valence electrons. The van der Waals surface area contributed by atoms with Crippen LogP contribution in [0.5, 0.6) is 0 Å². The van der Waals surface area contributed by atoms with Crippen molar-refractivity contribution >= 4 is 27.7 Å². The first kappa shape index (κ1) is 21.6. The lowest BCUT2D eigenvalue weighted by Crippen LogP contribution is -2.35. The molecule has 4 rings (SSSR count). The van der Waals surface area contributed by atoms with Crippen LogP contribution < -0.4 is 5.73 Å². The Bertz CT molecular complexity index is 1130. The van der Waals surface area contributed by atoms with Crippen LogP contribution in [0.25, 0.3) is 11.4 Å². The maximum atomic E-state index is 12.9. The number of furan rings is 1. The molecule has 0 atom stereocenters. The predicted molar refractivity (Wildman–Crippen MR) is 116 cm³/mol. The highest BCUT2D eigenvalue weighted by Crippen LogP contribution is 2.27. The van der Waals surface area contributed by atoms with E-state index >= 15 is 0 Å². The first-order chi connectivity index (χ1) is 14.9. The highest BCUT2D eigenvalue weighted by Gasteiger charge is 2.26. The number of nitrogens with zero attached hydrogens (tertiary/aromatic N) is 4. The van der Waals surface area contributed by atoms with Gasteiger partial charge in [0.25, 0.3) is 0 Å². The van der Waals surface area contributed by atoms with Crippen molar-refractivity contribution in [2.24, 2.45) is 5.73 Å². The molecule has 2 N–H and O–H groups in total. The molecule has 9 nitrogen and oxygen atoms in total. The topological polar surface area (TPSA) is 124 Å². The Labute approximate surface area is 184 Å². The largest absolute Gasteiger partial charge is 0.467 e. The Balaban J connectivity index is 1.63. The maximum Gasteiger partial charge on any atom is 0.243 e. The number of hydrogen-bond acceptors (Lipinski definition) is 7. The molecule has 1 aliphatic heterocycles. The zero-order chi connectivity index (χ0) is 21.8. The van der Waals surface area contributed by atoms with Gasteiger partial charge in [-0.3, -0.25) is 9.36 Å². The second-order valence-electron chi connectivity index (χ2n) is 7.22. The van der Waals surface area contributed by atoms with E-state index in [9.17, 15) is 13.2 Å². The van der Waals surface area contributed by atoms with Gasteiger partial charge in [-0.2, -0.15) is 4.31 Å². The standard InChI is InChI=1S/C20H23N5O4S2/c21-18(26)14-30-20-23-22-19(25(20)13-16-5-4-12-29-16)15-6-8-17(9-7-15)31(27,28)24-10-2-1-3-11-24/h4-9,12H,1-3,10-11,13-14H2,(H2,21,26). The Morgan fingerprint density at radius 2 is 1.84 bits per heavy atom. The minimum atomic E-state index is -3.51. The molecule has 0 aliphatic carbocycles. The van der Waals surface area contributed by atoms with Crippen molar-refractivity contribution in [1.82, 2.24) is 19.1 Å². The van der Waals surface area contributed by atoms with Crippen LogP contribution in [-0.2, 0) is 21.4 Å². The van der Waals surface area contributed by atoms with Gasteiger partial charge in [-0.1, -0.05) is 18.2 Å². The van der Waals surface area contributed by atoms with E-state index in [1.54, 1.807) is 40.9 Å². The highest BCUT2D eigenvalue weighted by molar-refractivity contribution is 7.99. The van der Waals surface area contributed by atoms with Gasteiger partial charge in [-0.25, -0.2) is 8.42 Å². The lowest BCUT2D eigenvalue weighted by Gasteiger charge is -2.25. The monoisotopic (exact) mass is 461 g/mol. The molecule has 1 saturated heterocycles. The lowest BCUT2D eigenvalue weighted by molar-refractivity contribution is -0.115. The minimum Gasteiger partial charge on any atom is -0.467 e. The van der Waals surface area contributed by atoms with E-state index in [-0.39, 0.29) is 10.6 Å². The molecule has 0 radical (unpaired) electrons. The molecule has 1 aromatic carbocycles. The number of carbonyl (C=O) groups is 1. The molecular formula is C20H23N5O4S2. The van der Waals surface area contributed by atoms with Crippen LogP contribution in [0, 0.1) is 0 Å². The van der Waals surface area contributed by atoms with E-state index in [2.05, 4.69) is 10.2 Å². The summed E-state index contributed by atoms with van der Waals surface area (Å²) in [5, 5.41) is 8.98. The van der Waals surface area contributed by atoms with Crippen LogP contribution in [-0.4, -0.2) is 52.2 Å². The molecule has 3 aromatic rings. The molecule has 2 aromatic heterocycles. The van der Waals surface area contributed by atoms with Crippen molar-refractivity contribution in [2.75, 3.05) is 18.8 Å². The summed E-state index contributed by atoms with van der Waals surface area (Å²) in [6, 6.07) is 10.3. The molecule has 0 unspecified atom stereocenters. The van der Waals surface area contributed by atoms with Gasteiger partial charge in [0.15, 0.2) is 11.0 Å². The number of sulfonamides is 1.